The van der Waals surface area contributed by atoms with Crippen molar-refractivity contribution in [2.75, 3.05) is 6.54 Å². The molecule has 1 saturated carbocycles. The number of carbonyl (C=O) groups is 1. The van der Waals surface area contributed by atoms with Gasteiger partial charge >= 0.3 is 0 Å². The summed E-state index contributed by atoms with van der Waals surface area (Å²) in [6.45, 7) is 6.27. The van der Waals surface area contributed by atoms with Crippen LogP contribution in [0.25, 0.3) is 0 Å². The molecule has 98 valence electrons. The van der Waals surface area contributed by atoms with E-state index in [9.17, 15) is 4.79 Å². The van der Waals surface area contributed by atoms with E-state index in [1.54, 1.807) is 13.8 Å². The number of rotatable bonds is 6. The first kappa shape index (κ1) is 13.8. The Morgan fingerprint density at radius 1 is 1.53 bits per heavy atom. The van der Waals surface area contributed by atoms with Gasteiger partial charge in [0.25, 0.3) is 0 Å². The predicted octanol–water partition coefficient (Wildman–Crippen LogP) is 1.55. The molecule has 0 aromatic rings. The van der Waals surface area contributed by atoms with E-state index in [1.165, 1.54) is 0 Å². The van der Waals surface area contributed by atoms with Crippen LogP contribution in [0.4, 0.5) is 0 Å². The van der Waals surface area contributed by atoms with Crippen molar-refractivity contribution in [3.63, 3.8) is 0 Å². The van der Waals surface area contributed by atoms with Crippen LogP contribution < -0.4 is 5.73 Å². The third kappa shape index (κ3) is 3.11. The van der Waals surface area contributed by atoms with Gasteiger partial charge in [0, 0.05) is 12.6 Å². The second-order valence-electron chi connectivity index (χ2n) is 5.19. The molecule has 17 heavy (non-hydrogen) atoms. The Morgan fingerprint density at radius 3 is 2.53 bits per heavy atom. The van der Waals surface area contributed by atoms with Crippen molar-refractivity contribution >= 4 is 11.7 Å². The number of amidine groups is 1. The number of unbranched alkanes of at least 4 members (excludes halogenated alkanes) is 1. The highest BCUT2D eigenvalue weighted by atomic mass is 16.4. The second kappa shape index (κ2) is 5.38. The molecule has 0 saturated heterocycles. The maximum absolute atomic E-state index is 12.4. The minimum absolute atomic E-state index is 0.0235. The first-order chi connectivity index (χ1) is 7.95. The highest BCUT2D eigenvalue weighted by Gasteiger charge is 2.41. The molecule has 3 N–H and O–H groups in total. The molecule has 1 rings (SSSR count). The van der Waals surface area contributed by atoms with Gasteiger partial charge in [-0.1, -0.05) is 18.5 Å². The number of oxime groups is 1. The fourth-order valence-electron chi connectivity index (χ4n) is 1.76. The van der Waals surface area contributed by atoms with Crippen LogP contribution in [0.3, 0.4) is 0 Å². The Kier molecular flexibility index (Phi) is 4.37. The summed E-state index contributed by atoms with van der Waals surface area (Å²) in [6.07, 6.45) is 4.19. The summed E-state index contributed by atoms with van der Waals surface area (Å²) in [5.41, 5.74) is 4.67. The average Bonchev–Trinajstić information content (AvgIpc) is 3.12. The van der Waals surface area contributed by atoms with E-state index in [0.717, 1.165) is 32.2 Å². The lowest BCUT2D eigenvalue weighted by Gasteiger charge is -2.31. The predicted molar refractivity (Wildman–Crippen MR) is 66.8 cm³/mol. The number of nitrogens with zero attached hydrogens (tertiary/aromatic N) is 2. The molecule has 0 aromatic carbocycles. The van der Waals surface area contributed by atoms with Crippen LogP contribution in [0.15, 0.2) is 5.16 Å². The highest BCUT2D eigenvalue weighted by molar-refractivity contribution is 6.06. The quantitative estimate of drug-likeness (QED) is 0.320. The van der Waals surface area contributed by atoms with Gasteiger partial charge in [0.05, 0.1) is 0 Å². The van der Waals surface area contributed by atoms with Gasteiger partial charge in [-0.15, -0.1) is 0 Å². The molecule has 0 radical (unpaired) electrons. The lowest BCUT2D eigenvalue weighted by atomic mass is 9.90. The minimum Gasteiger partial charge on any atom is -0.409 e. The van der Waals surface area contributed by atoms with E-state index in [0.29, 0.717) is 6.04 Å². The number of carbonyl (C=O) groups excluding carboxylic acids is 1. The van der Waals surface area contributed by atoms with E-state index in [-0.39, 0.29) is 11.7 Å². The van der Waals surface area contributed by atoms with E-state index >= 15 is 0 Å². The highest BCUT2D eigenvalue weighted by Crippen LogP contribution is 2.31. The van der Waals surface area contributed by atoms with Crippen LogP contribution in [0.2, 0.25) is 0 Å². The lowest BCUT2D eigenvalue weighted by molar-refractivity contribution is -0.137. The van der Waals surface area contributed by atoms with Crippen LogP contribution in [0.5, 0.6) is 0 Å². The molecule has 0 spiro atoms. The van der Waals surface area contributed by atoms with Gasteiger partial charge in [-0.25, -0.2) is 0 Å². The monoisotopic (exact) mass is 241 g/mol. The van der Waals surface area contributed by atoms with Crippen LogP contribution in [0.1, 0.15) is 46.5 Å². The van der Waals surface area contributed by atoms with Crippen LogP contribution in [-0.2, 0) is 4.79 Å². The van der Waals surface area contributed by atoms with Crippen molar-refractivity contribution in [1.29, 1.82) is 0 Å². The number of amides is 1. The van der Waals surface area contributed by atoms with Gasteiger partial charge in [-0.3, -0.25) is 4.79 Å². The Balaban J connectivity index is 2.76. The normalized spacial score (nSPS) is 17.0. The molecular formula is C12H23N3O2. The molecule has 0 unspecified atom stereocenters. The maximum atomic E-state index is 12.4. The van der Waals surface area contributed by atoms with Crippen LogP contribution in [0, 0.1) is 5.41 Å². The summed E-state index contributed by atoms with van der Waals surface area (Å²) < 4.78 is 0. The molecule has 1 fully saturated rings. The Hall–Kier alpha value is -1.26. The summed E-state index contributed by atoms with van der Waals surface area (Å²) in [7, 11) is 0. The van der Waals surface area contributed by atoms with Crippen molar-refractivity contribution in [2.24, 2.45) is 16.3 Å². The second-order valence-corrected chi connectivity index (χ2v) is 5.19. The molecule has 1 aliphatic rings. The van der Waals surface area contributed by atoms with Gasteiger partial charge in [0.1, 0.15) is 5.41 Å². The molecule has 5 nitrogen and oxygen atoms in total. The van der Waals surface area contributed by atoms with Crippen molar-refractivity contribution in [3.8, 4) is 0 Å². The molecule has 0 aromatic heterocycles. The number of hydrogen-bond donors (Lipinski definition) is 2. The fraction of sp³-hybridized carbons (Fsp3) is 0.833. The first-order valence-corrected chi connectivity index (χ1v) is 6.24. The zero-order valence-electron chi connectivity index (χ0n) is 10.9. The fourth-order valence-corrected chi connectivity index (χ4v) is 1.76. The van der Waals surface area contributed by atoms with Crippen LogP contribution in [-0.4, -0.2) is 34.4 Å². The summed E-state index contributed by atoms with van der Waals surface area (Å²) in [4.78, 5) is 14.3. The van der Waals surface area contributed by atoms with Crippen LogP contribution >= 0.6 is 0 Å². The summed E-state index contributed by atoms with van der Waals surface area (Å²) in [6, 6.07) is 0.361. The summed E-state index contributed by atoms with van der Waals surface area (Å²) in [5, 5.41) is 11.7. The molecule has 0 aliphatic heterocycles. The lowest BCUT2D eigenvalue weighted by Crippen LogP contribution is -2.49. The molecule has 0 atom stereocenters. The van der Waals surface area contributed by atoms with E-state index in [4.69, 9.17) is 10.9 Å². The zero-order chi connectivity index (χ0) is 13.1. The maximum Gasteiger partial charge on any atom is 0.236 e. The average molecular weight is 241 g/mol. The first-order valence-electron chi connectivity index (χ1n) is 6.24. The number of hydrogen-bond acceptors (Lipinski definition) is 3. The van der Waals surface area contributed by atoms with E-state index in [2.05, 4.69) is 12.1 Å². The van der Waals surface area contributed by atoms with Gasteiger partial charge in [-0.2, -0.15) is 0 Å². The summed E-state index contributed by atoms with van der Waals surface area (Å²) in [5.74, 6) is -0.0617. The topological polar surface area (TPSA) is 78.9 Å². The Bertz CT molecular complexity index is 309. The molecule has 0 heterocycles. The Labute approximate surface area is 103 Å². The van der Waals surface area contributed by atoms with Crippen molar-refractivity contribution < 1.29 is 10.0 Å². The van der Waals surface area contributed by atoms with Gasteiger partial charge in [0.15, 0.2) is 5.84 Å². The van der Waals surface area contributed by atoms with E-state index < -0.39 is 5.41 Å². The van der Waals surface area contributed by atoms with Gasteiger partial charge < -0.3 is 15.8 Å². The Morgan fingerprint density at radius 2 is 2.12 bits per heavy atom. The standard InChI is InChI=1S/C12H23N3O2/c1-4-5-8-15(9-6-7-9)11(16)12(2,3)10(13)14-17/h9,17H,4-8H2,1-3H3,(H2,13,14). The third-order valence-electron chi connectivity index (χ3n) is 3.28. The van der Waals surface area contributed by atoms with Crippen molar-refractivity contribution in [1.82, 2.24) is 4.90 Å². The van der Waals surface area contributed by atoms with Crippen molar-refractivity contribution in [3.05, 3.63) is 0 Å². The minimum atomic E-state index is -0.926. The molecule has 1 aliphatic carbocycles. The largest absolute Gasteiger partial charge is 0.409 e. The molecule has 5 heteroatoms. The zero-order valence-corrected chi connectivity index (χ0v) is 10.9. The van der Waals surface area contributed by atoms with Gasteiger partial charge in [0.2, 0.25) is 5.91 Å². The molecular weight excluding hydrogens is 218 g/mol. The van der Waals surface area contributed by atoms with E-state index in [1.807, 2.05) is 4.90 Å². The van der Waals surface area contributed by atoms with Gasteiger partial charge in [-0.05, 0) is 33.1 Å². The SMILES string of the molecule is CCCCN(C(=O)C(C)(C)C(N)=NO)C1CC1. The molecule has 1 amide bonds. The third-order valence-corrected chi connectivity index (χ3v) is 3.28. The number of nitrogens with two attached hydrogens (primary N) is 1. The molecule has 0 bridgehead atoms. The smallest absolute Gasteiger partial charge is 0.236 e. The summed E-state index contributed by atoms with van der Waals surface area (Å²) >= 11 is 0. The van der Waals surface area contributed by atoms with Crippen molar-refractivity contribution in [2.45, 2.75) is 52.5 Å².